The molecule has 1 saturated heterocycles. The fourth-order valence-electron chi connectivity index (χ4n) is 1.98. The van der Waals surface area contributed by atoms with Crippen LogP contribution in [0.15, 0.2) is 0 Å². The van der Waals surface area contributed by atoms with Crippen molar-refractivity contribution in [1.29, 1.82) is 0 Å². The molecule has 0 aromatic heterocycles. The standard InChI is InChI=1S/C11H21NO2/c1-9-7-12(8-10(9)2)6-4-5-11(13)14-3/h9-10H,4-8H2,1-3H3. The molecule has 82 valence electrons. The largest absolute Gasteiger partial charge is 0.469 e. The molecule has 0 bridgehead atoms. The molecule has 3 nitrogen and oxygen atoms in total. The maximum Gasteiger partial charge on any atom is 0.305 e. The van der Waals surface area contributed by atoms with Crippen molar-refractivity contribution < 1.29 is 9.53 Å². The van der Waals surface area contributed by atoms with Gasteiger partial charge < -0.3 is 9.64 Å². The lowest BCUT2D eigenvalue weighted by Crippen LogP contribution is -2.22. The Morgan fingerprint density at radius 1 is 1.36 bits per heavy atom. The minimum absolute atomic E-state index is 0.0923. The van der Waals surface area contributed by atoms with E-state index in [1.807, 2.05) is 0 Å². The molecule has 1 heterocycles. The molecule has 1 aliphatic heterocycles. The maximum atomic E-state index is 10.9. The van der Waals surface area contributed by atoms with Crippen LogP contribution in [0.1, 0.15) is 26.7 Å². The van der Waals surface area contributed by atoms with E-state index in [0.717, 1.165) is 24.8 Å². The molecule has 0 aromatic carbocycles. The van der Waals surface area contributed by atoms with E-state index in [1.54, 1.807) is 0 Å². The van der Waals surface area contributed by atoms with Crippen LogP contribution in [0.4, 0.5) is 0 Å². The van der Waals surface area contributed by atoms with Gasteiger partial charge in [-0.25, -0.2) is 0 Å². The summed E-state index contributed by atoms with van der Waals surface area (Å²) in [5, 5.41) is 0. The van der Waals surface area contributed by atoms with Crippen LogP contribution in [0, 0.1) is 11.8 Å². The summed E-state index contributed by atoms with van der Waals surface area (Å²) < 4.78 is 4.60. The van der Waals surface area contributed by atoms with Gasteiger partial charge in [-0.1, -0.05) is 13.8 Å². The van der Waals surface area contributed by atoms with Crippen LogP contribution in [0.2, 0.25) is 0 Å². The van der Waals surface area contributed by atoms with Gasteiger partial charge in [0.25, 0.3) is 0 Å². The Morgan fingerprint density at radius 3 is 2.43 bits per heavy atom. The highest BCUT2D eigenvalue weighted by Crippen LogP contribution is 2.21. The summed E-state index contributed by atoms with van der Waals surface area (Å²) in [4.78, 5) is 13.3. The Bertz CT molecular complexity index is 184. The number of methoxy groups -OCH3 is 1. The minimum Gasteiger partial charge on any atom is -0.469 e. The van der Waals surface area contributed by atoms with E-state index in [0.29, 0.717) is 6.42 Å². The van der Waals surface area contributed by atoms with Crippen LogP contribution in [-0.2, 0) is 9.53 Å². The SMILES string of the molecule is COC(=O)CCCN1CC(C)C(C)C1. The van der Waals surface area contributed by atoms with Crippen molar-refractivity contribution in [3.63, 3.8) is 0 Å². The Hall–Kier alpha value is -0.570. The van der Waals surface area contributed by atoms with Gasteiger partial charge in [-0.15, -0.1) is 0 Å². The second-order valence-corrected chi connectivity index (χ2v) is 4.39. The number of nitrogens with zero attached hydrogens (tertiary/aromatic N) is 1. The van der Waals surface area contributed by atoms with Gasteiger partial charge in [0.05, 0.1) is 7.11 Å². The second kappa shape index (κ2) is 5.35. The highest BCUT2D eigenvalue weighted by molar-refractivity contribution is 5.69. The van der Waals surface area contributed by atoms with Crippen LogP contribution < -0.4 is 0 Å². The smallest absolute Gasteiger partial charge is 0.305 e. The third-order valence-electron chi connectivity index (χ3n) is 3.15. The summed E-state index contributed by atoms with van der Waals surface area (Å²) in [6, 6.07) is 0. The Labute approximate surface area is 86.4 Å². The summed E-state index contributed by atoms with van der Waals surface area (Å²) in [7, 11) is 1.45. The fourth-order valence-corrected chi connectivity index (χ4v) is 1.98. The Kier molecular flexibility index (Phi) is 4.39. The third-order valence-corrected chi connectivity index (χ3v) is 3.15. The number of hydrogen-bond acceptors (Lipinski definition) is 3. The van der Waals surface area contributed by atoms with Crippen molar-refractivity contribution in [2.45, 2.75) is 26.7 Å². The molecule has 0 aromatic rings. The van der Waals surface area contributed by atoms with Crippen LogP contribution >= 0.6 is 0 Å². The van der Waals surface area contributed by atoms with Gasteiger partial charge in [-0.2, -0.15) is 0 Å². The molecule has 14 heavy (non-hydrogen) atoms. The van der Waals surface area contributed by atoms with Gasteiger partial charge in [0.15, 0.2) is 0 Å². The molecule has 0 amide bonds. The predicted octanol–water partition coefficient (Wildman–Crippen LogP) is 1.53. The molecule has 2 atom stereocenters. The van der Waals surface area contributed by atoms with Gasteiger partial charge in [0.1, 0.15) is 0 Å². The van der Waals surface area contributed by atoms with Crippen molar-refractivity contribution >= 4 is 5.97 Å². The van der Waals surface area contributed by atoms with Crippen molar-refractivity contribution in [1.82, 2.24) is 4.90 Å². The Balaban J connectivity index is 2.11. The normalized spacial score (nSPS) is 27.9. The number of esters is 1. The van der Waals surface area contributed by atoms with Crippen LogP contribution in [0.25, 0.3) is 0 Å². The summed E-state index contributed by atoms with van der Waals surface area (Å²) in [6.07, 6.45) is 1.47. The van der Waals surface area contributed by atoms with E-state index >= 15 is 0 Å². The highest BCUT2D eigenvalue weighted by atomic mass is 16.5. The topological polar surface area (TPSA) is 29.5 Å². The van der Waals surface area contributed by atoms with Gasteiger partial charge in [0, 0.05) is 19.5 Å². The molecule has 1 rings (SSSR count). The molecule has 3 heteroatoms. The molecule has 0 aliphatic carbocycles. The number of carbonyl (C=O) groups excluding carboxylic acids is 1. The van der Waals surface area contributed by atoms with Gasteiger partial charge in [-0.05, 0) is 24.8 Å². The molecule has 0 saturated carbocycles. The zero-order chi connectivity index (χ0) is 10.6. The van der Waals surface area contributed by atoms with Crippen LogP contribution in [0.3, 0.4) is 0 Å². The molecule has 0 spiro atoms. The first-order valence-corrected chi connectivity index (χ1v) is 5.42. The lowest BCUT2D eigenvalue weighted by Gasteiger charge is -2.14. The highest BCUT2D eigenvalue weighted by Gasteiger charge is 2.25. The van der Waals surface area contributed by atoms with Gasteiger partial charge in [-0.3, -0.25) is 4.79 Å². The monoisotopic (exact) mass is 199 g/mol. The van der Waals surface area contributed by atoms with E-state index in [2.05, 4.69) is 23.5 Å². The van der Waals surface area contributed by atoms with Crippen molar-refractivity contribution in [3.8, 4) is 0 Å². The summed E-state index contributed by atoms with van der Waals surface area (Å²) in [6.45, 7) is 7.99. The van der Waals surface area contributed by atoms with E-state index in [-0.39, 0.29) is 5.97 Å². The zero-order valence-corrected chi connectivity index (χ0v) is 9.45. The fraction of sp³-hybridized carbons (Fsp3) is 0.909. The van der Waals surface area contributed by atoms with Crippen LogP contribution in [0.5, 0.6) is 0 Å². The van der Waals surface area contributed by atoms with E-state index in [1.165, 1.54) is 20.2 Å². The number of hydrogen-bond donors (Lipinski definition) is 0. The molecule has 1 aliphatic rings. The van der Waals surface area contributed by atoms with E-state index in [4.69, 9.17) is 0 Å². The average Bonchev–Trinajstić information content (AvgIpc) is 2.46. The first kappa shape index (κ1) is 11.5. The predicted molar refractivity (Wildman–Crippen MR) is 56.0 cm³/mol. The molecule has 1 fully saturated rings. The second-order valence-electron chi connectivity index (χ2n) is 4.39. The molecular weight excluding hydrogens is 178 g/mol. The molecule has 0 radical (unpaired) electrons. The van der Waals surface area contributed by atoms with Gasteiger partial charge in [0.2, 0.25) is 0 Å². The number of rotatable bonds is 4. The quantitative estimate of drug-likeness (QED) is 0.643. The zero-order valence-electron chi connectivity index (χ0n) is 9.45. The number of carbonyl (C=O) groups is 1. The lowest BCUT2D eigenvalue weighted by atomic mass is 10.0. The van der Waals surface area contributed by atoms with Crippen LogP contribution in [-0.4, -0.2) is 37.6 Å². The van der Waals surface area contributed by atoms with Crippen molar-refractivity contribution in [2.75, 3.05) is 26.7 Å². The lowest BCUT2D eigenvalue weighted by molar-refractivity contribution is -0.140. The summed E-state index contributed by atoms with van der Waals surface area (Å²) in [5.74, 6) is 1.51. The Morgan fingerprint density at radius 2 is 1.93 bits per heavy atom. The first-order valence-electron chi connectivity index (χ1n) is 5.42. The number of ether oxygens (including phenoxy) is 1. The summed E-state index contributed by atoms with van der Waals surface area (Å²) in [5.41, 5.74) is 0. The first-order chi connectivity index (χ1) is 6.63. The maximum absolute atomic E-state index is 10.9. The third kappa shape index (κ3) is 3.29. The number of likely N-dealkylation sites (tertiary alicyclic amines) is 1. The molecule has 2 unspecified atom stereocenters. The molecule has 0 N–H and O–H groups in total. The summed E-state index contributed by atoms with van der Waals surface area (Å²) >= 11 is 0. The van der Waals surface area contributed by atoms with Gasteiger partial charge >= 0.3 is 5.97 Å². The average molecular weight is 199 g/mol. The van der Waals surface area contributed by atoms with E-state index < -0.39 is 0 Å². The van der Waals surface area contributed by atoms with Crippen molar-refractivity contribution in [2.24, 2.45) is 11.8 Å². The minimum atomic E-state index is -0.0923. The van der Waals surface area contributed by atoms with Crippen molar-refractivity contribution in [3.05, 3.63) is 0 Å². The van der Waals surface area contributed by atoms with E-state index in [9.17, 15) is 4.79 Å². The molecular formula is C11H21NO2.